The molecule has 1 fully saturated rings. The second kappa shape index (κ2) is 3.74. The molecule has 1 aliphatic rings. The third kappa shape index (κ3) is 2.00. The van der Waals surface area contributed by atoms with Gasteiger partial charge in [-0.05, 0) is 37.8 Å². The van der Waals surface area contributed by atoms with Gasteiger partial charge in [-0.15, -0.1) is 0 Å². The van der Waals surface area contributed by atoms with Gasteiger partial charge in [0.25, 0.3) is 0 Å². The Balaban J connectivity index is 1.85. The highest BCUT2D eigenvalue weighted by Gasteiger charge is 2.37. The highest BCUT2D eigenvalue weighted by atomic mass is 16.5. The summed E-state index contributed by atoms with van der Waals surface area (Å²) in [6.45, 7) is 0. The number of rotatable bonds is 4. The first-order chi connectivity index (χ1) is 8.20. The molecule has 4 nitrogen and oxygen atoms in total. The Morgan fingerprint density at radius 3 is 3.06 bits per heavy atom. The number of aromatic amines is 1. The van der Waals surface area contributed by atoms with Gasteiger partial charge in [-0.1, -0.05) is 0 Å². The Bertz CT molecular complexity index is 543. The molecule has 0 atom stereocenters. The van der Waals surface area contributed by atoms with Crippen molar-refractivity contribution in [1.29, 1.82) is 0 Å². The van der Waals surface area contributed by atoms with Crippen LogP contribution in [0.5, 0.6) is 5.88 Å². The number of nitrogens with one attached hydrogen (secondary N) is 1. The SMILES string of the molecule is COc1nccc2cc(CCC3(N)CC3)[nH]c12. The van der Waals surface area contributed by atoms with Crippen molar-refractivity contribution in [2.24, 2.45) is 5.73 Å². The summed E-state index contributed by atoms with van der Waals surface area (Å²) < 4.78 is 5.23. The molecular weight excluding hydrogens is 214 g/mol. The number of hydrogen-bond acceptors (Lipinski definition) is 3. The van der Waals surface area contributed by atoms with Gasteiger partial charge in [0.15, 0.2) is 0 Å². The number of nitrogens with two attached hydrogens (primary N) is 1. The zero-order valence-corrected chi connectivity index (χ0v) is 9.99. The molecule has 4 heteroatoms. The lowest BCUT2D eigenvalue weighted by atomic mass is 10.1. The molecule has 2 heterocycles. The molecule has 0 aromatic carbocycles. The van der Waals surface area contributed by atoms with Crippen LogP contribution in [0.4, 0.5) is 0 Å². The molecule has 3 N–H and O–H groups in total. The summed E-state index contributed by atoms with van der Waals surface area (Å²) in [4.78, 5) is 7.55. The van der Waals surface area contributed by atoms with Crippen LogP contribution in [0.1, 0.15) is 25.0 Å². The van der Waals surface area contributed by atoms with Gasteiger partial charge in [0.05, 0.1) is 7.11 Å². The zero-order chi connectivity index (χ0) is 11.9. The van der Waals surface area contributed by atoms with Gasteiger partial charge in [-0.25, -0.2) is 4.98 Å². The summed E-state index contributed by atoms with van der Waals surface area (Å²) in [5, 5.41) is 1.15. The maximum Gasteiger partial charge on any atom is 0.238 e. The molecule has 0 spiro atoms. The number of aromatic nitrogens is 2. The summed E-state index contributed by atoms with van der Waals surface area (Å²) in [6, 6.07) is 4.15. The summed E-state index contributed by atoms with van der Waals surface area (Å²) in [6.07, 6.45) is 6.14. The van der Waals surface area contributed by atoms with E-state index in [0.717, 1.165) is 36.6 Å². The normalized spacial score (nSPS) is 17.3. The van der Waals surface area contributed by atoms with Crippen molar-refractivity contribution in [2.45, 2.75) is 31.2 Å². The Hall–Kier alpha value is -1.55. The van der Waals surface area contributed by atoms with Gasteiger partial charge in [-0.3, -0.25) is 0 Å². The second-order valence-corrected chi connectivity index (χ2v) is 4.94. The minimum Gasteiger partial charge on any atom is -0.479 e. The number of nitrogens with zero attached hydrogens (tertiary/aromatic N) is 1. The van der Waals surface area contributed by atoms with Crippen LogP contribution in [0.3, 0.4) is 0 Å². The fourth-order valence-electron chi connectivity index (χ4n) is 2.17. The van der Waals surface area contributed by atoms with E-state index in [1.54, 1.807) is 13.3 Å². The molecule has 0 aliphatic heterocycles. The second-order valence-electron chi connectivity index (χ2n) is 4.94. The van der Waals surface area contributed by atoms with Crippen molar-refractivity contribution in [3.05, 3.63) is 24.0 Å². The van der Waals surface area contributed by atoms with Gasteiger partial charge < -0.3 is 15.5 Å². The number of fused-ring (bicyclic) bond motifs is 1. The first kappa shape index (κ1) is 10.6. The Morgan fingerprint density at radius 2 is 2.35 bits per heavy atom. The van der Waals surface area contributed by atoms with Crippen LogP contribution in [-0.4, -0.2) is 22.6 Å². The summed E-state index contributed by atoms with van der Waals surface area (Å²) in [5.41, 5.74) is 8.39. The first-order valence-corrected chi connectivity index (χ1v) is 6.00. The van der Waals surface area contributed by atoms with Crippen molar-refractivity contribution in [2.75, 3.05) is 7.11 Å². The van der Waals surface area contributed by atoms with Crippen molar-refractivity contribution >= 4 is 10.9 Å². The van der Waals surface area contributed by atoms with Crippen LogP contribution in [0, 0.1) is 0 Å². The van der Waals surface area contributed by atoms with E-state index >= 15 is 0 Å². The van der Waals surface area contributed by atoms with Crippen molar-refractivity contribution in [3.8, 4) is 5.88 Å². The lowest BCUT2D eigenvalue weighted by Gasteiger charge is -2.05. The largest absolute Gasteiger partial charge is 0.479 e. The topological polar surface area (TPSA) is 63.9 Å². The molecule has 0 amide bonds. The van der Waals surface area contributed by atoms with Crippen LogP contribution in [0.15, 0.2) is 18.3 Å². The standard InChI is InChI=1S/C13H17N3O/c1-17-12-11-9(3-7-15-12)8-10(16-11)2-4-13(14)5-6-13/h3,7-8,16H,2,4-6,14H2,1H3. The number of methoxy groups -OCH3 is 1. The Morgan fingerprint density at radius 1 is 1.53 bits per heavy atom. The molecule has 90 valence electrons. The van der Waals surface area contributed by atoms with Gasteiger partial charge in [0, 0.05) is 22.8 Å². The zero-order valence-electron chi connectivity index (χ0n) is 9.99. The van der Waals surface area contributed by atoms with Crippen molar-refractivity contribution < 1.29 is 4.74 Å². The average Bonchev–Trinajstić information content (AvgIpc) is 2.92. The minimum atomic E-state index is 0.111. The highest BCUT2D eigenvalue weighted by molar-refractivity contribution is 5.84. The maximum atomic E-state index is 6.09. The van der Waals surface area contributed by atoms with Gasteiger partial charge in [-0.2, -0.15) is 0 Å². The van der Waals surface area contributed by atoms with Crippen molar-refractivity contribution in [1.82, 2.24) is 9.97 Å². The molecule has 2 aromatic rings. The molecule has 3 rings (SSSR count). The van der Waals surface area contributed by atoms with E-state index in [2.05, 4.69) is 16.0 Å². The fourth-order valence-corrected chi connectivity index (χ4v) is 2.17. The van der Waals surface area contributed by atoms with Gasteiger partial charge in [0.1, 0.15) is 5.52 Å². The van der Waals surface area contributed by atoms with E-state index in [9.17, 15) is 0 Å². The number of hydrogen-bond donors (Lipinski definition) is 2. The number of ether oxygens (including phenoxy) is 1. The molecule has 0 saturated heterocycles. The molecule has 0 unspecified atom stereocenters. The van der Waals surface area contributed by atoms with E-state index in [1.807, 2.05) is 6.07 Å². The summed E-state index contributed by atoms with van der Waals surface area (Å²) in [7, 11) is 1.64. The fraction of sp³-hybridized carbons (Fsp3) is 0.462. The third-order valence-electron chi connectivity index (χ3n) is 3.54. The molecule has 0 bridgehead atoms. The third-order valence-corrected chi connectivity index (χ3v) is 3.54. The molecule has 1 saturated carbocycles. The number of pyridine rings is 1. The first-order valence-electron chi connectivity index (χ1n) is 6.00. The van der Waals surface area contributed by atoms with E-state index in [4.69, 9.17) is 10.5 Å². The average molecular weight is 231 g/mol. The quantitative estimate of drug-likeness (QED) is 0.845. The van der Waals surface area contributed by atoms with E-state index in [0.29, 0.717) is 5.88 Å². The molecule has 17 heavy (non-hydrogen) atoms. The van der Waals surface area contributed by atoms with Gasteiger partial charge in [0.2, 0.25) is 5.88 Å². The van der Waals surface area contributed by atoms with E-state index < -0.39 is 0 Å². The summed E-state index contributed by atoms with van der Waals surface area (Å²) in [5.74, 6) is 0.655. The van der Waals surface area contributed by atoms with E-state index in [-0.39, 0.29) is 5.54 Å². The number of aryl methyl sites for hydroxylation is 1. The van der Waals surface area contributed by atoms with Crippen LogP contribution in [0.25, 0.3) is 10.9 Å². The number of H-pyrrole nitrogens is 1. The van der Waals surface area contributed by atoms with E-state index in [1.165, 1.54) is 5.69 Å². The van der Waals surface area contributed by atoms with Crippen LogP contribution in [0.2, 0.25) is 0 Å². The summed E-state index contributed by atoms with van der Waals surface area (Å²) >= 11 is 0. The minimum absolute atomic E-state index is 0.111. The maximum absolute atomic E-state index is 6.09. The molecule has 0 radical (unpaired) electrons. The lowest BCUT2D eigenvalue weighted by Crippen LogP contribution is -2.22. The highest BCUT2D eigenvalue weighted by Crippen LogP contribution is 2.36. The Labute approximate surface area is 100 Å². The molecule has 1 aliphatic carbocycles. The smallest absolute Gasteiger partial charge is 0.238 e. The van der Waals surface area contributed by atoms with Gasteiger partial charge >= 0.3 is 0 Å². The molecular formula is C13H17N3O. The predicted molar refractivity (Wildman–Crippen MR) is 67.1 cm³/mol. The lowest BCUT2D eigenvalue weighted by molar-refractivity contribution is 0.402. The van der Waals surface area contributed by atoms with Crippen LogP contribution < -0.4 is 10.5 Å². The van der Waals surface area contributed by atoms with Crippen LogP contribution >= 0.6 is 0 Å². The van der Waals surface area contributed by atoms with Crippen molar-refractivity contribution in [3.63, 3.8) is 0 Å². The van der Waals surface area contributed by atoms with Crippen LogP contribution in [-0.2, 0) is 6.42 Å². The molecule has 2 aromatic heterocycles. The Kier molecular flexibility index (Phi) is 2.33. The predicted octanol–water partition coefficient (Wildman–Crippen LogP) is 2.00. The monoisotopic (exact) mass is 231 g/mol.